The molecule has 46 heavy (non-hydrogen) atoms. The molecule has 3 nitrogen and oxygen atoms in total. The molecule has 0 aromatic heterocycles. The Morgan fingerprint density at radius 1 is 0.391 bits per heavy atom. The summed E-state index contributed by atoms with van der Waals surface area (Å²) in [6, 6.07) is 25.6. The van der Waals surface area contributed by atoms with Gasteiger partial charge in [-0.05, 0) is 78.7 Å². The Kier molecular flexibility index (Phi) is 19.5. The van der Waals surface area contributed by atoms with Crippen LogP contribution >= 0.6 is 0 Å². The van der Waals surface area contributed by atoms with Gasteiger partial charge in [0.1, 0.15) is 0 Å². The molecule has 0 aliphatic rings. The fraction of sp³-hybridized carbons (Fsp3) is 0.571. The summed E-state index contributed by atoms with van der Waals surface area (Å²) in [4.78, 5) is 2.27. The Balaban J connectivity index is 1.51. The van der Waals surface area contributed by atoms with Crippen molar-refractivity contribution in [3.8, 4) is 0 Å². The zero-order valence-electron chi connectivity index (χ0n) is 29.4. The van der Waals surface area contributed by atoms with Gasteiger partial charge >= 0.3 is 7.12 Å². The molecule has 0 atom stereocenters. The summed E-state index contributed by atoms with van der Waals surface area (Å²) in [5, 5.41) is 19.3. The van der Waals surface area contributed by atoms with Crippen LogP contribution in [-0.2, 0) is 12.8 Å². The SMILES string of the molecule is CCCCCCCCCCCCc1ccc(N(c2ccc(CCCCCCCCCCCC)cc2)c2ccc(B(O)O)cc2)cc1. The van der Waals surface area contributed by atoms with Crippen LogP contribution in [0.4, 0.5) is 17.1 Å². The molecule has 3 rings (SSSR count). The van der Waals surface area contributed by atoms with Crippen LogP contribution < -0.4 is 10.4 Å². The molecule has 3 aromatic rings. The molecule has 4 heteroatoms. The van der Waals surface area contributed by atoms with Gasteiger partial charge in [-0.25, -0.2) is 0 Å². The van der Waals surface area contributed by atoms with Gasteiger partial charge in [-0.15, -0.1) is 0 Å². The van der Waals surface area contributed by atoms with Crippen LogP contribution in [0.25, 0.3) is 0 Å². The van der Waals surface area contributed by atoms with E-state index in [1.807, 2.05) is 12.1 Å². The number of nitrogens with zero attached hydrogens (tertiary/aromatic N) is 1. The van der Waals surface area contributed by atoms with Crippen LogP contribution in [0.15, 0.2) is 72.8 Å². The van der Waals surface area contributed by atoms with Crippen molar-refractivity contribution in [2.45, 2.75) is 155 Å². The van der Waals surface area contributed by atoms with Gasteiger partial charge in [-0.2, -0.15) is 0 Å². The third kappa shape index (κ3) is 14.9. The van der Waals surface area contributed by atoms with Crippen molar-refractivity contribution < 1.29 is 10.0 Å². The first-order valence-corrected chi connectivity index (χ1v) is 19.1. The number of rotatable bonds is 26. The van der Waals surface area contributed by atoms with E-state index in [1.165, 1.54) is 140 Å². The molecule has 0 fully saturated rings. The summed E-state index contributed by atoms with van der Waals surface area (Å²) >= 11 is 0. The number of unbranched alkanes of at least 4 members (excludes halogenated alkanes) is 18. The summed E-state index contributed by atoms with van der Waals surface area (Å²) in [6.07, 6.45) is 29.6. The van der Waals surface area contributed by atoms with Gasteiger partial charge in [0.15, 0.2) is 0 Å². The lowest BCUT2D eigenvalue weighted by atomic mass is 9.80. The number of benzene rings is 3. The van der Waals surface area contributed by atoms with E-state index in [-0.39, 0.29) is 0 Å². The molecule has 0 radical (unpaired) electrons. The molecule has 0 aliphatic carbocycles. The van der Waals surface area contributed by atoms with Crippen molar-refractivity contribution in [2.24, 2.45) is 0 Å². The van der Waals surface area contributed by atoms with Crippen LogP contribution in [0, 0.1) is 0 Å². The number of anilines is 3. The predicted molar refractivity (Wildman–Crippen MR) is 202 cm³/mol. The molecule has 0 unspecified atom stereocenters. The predicted octanol–water partition coefficient (Wildman–Crippen LogP) is 11.8. The van der Waals surface area contributed by atoms with Gasteiger partial charge in [0.25, 0.3) is 0 Å². The molecule has 0 heterocycles. The van der Waals surface area contributed by atoms with Gasteiger partial charge in [-0.1, -0.05) is 166 Å². The zero-order chi connectivity index (χ0) is 32.7. The fourth-order valence-electron chi connectivity index (χ4n) is 6.50. The second-order valence-electron chi connectivity index (χ2n) is 13.5. The van der Waals surface area contributed by atoms with E-state index < -0.39 is 7.12 Å². The molecule has 0 saturated carbocycles. The Morgan fingerprint density at radius 3 is 0.978 bits per heavy atom. The van der Waals surface area contributed by atoms with Crippen LogP contribution in [-0.4, -0.2) is 17.2 Å². The third-order valence-corrected chi connectivity index (χ3v) is 9.48. The molecule has 0 aliphatic heterocycles. The van der Waals surface area contributed by atoms with Crippen molar-refractivity contribution in [1.29, 1.82) is 0 Å². The van der Waals surface area contributed by atoms with Crippen molar-refractivity contribution in [1.82, 2.24) is 0 Å². The highest BCUT2D eigenvalue weighted by molar-refractivity contribution is 6.58. The van der Waals surface area contributed by atoms with Gasteiger partial charge < -0.3 is 14.9 Å². The minimum absolute atomic E-state index is 0.502. The second kappa shape index (κ2) is 23.7. The average molecular weight is 626 g/mol. The minimum Gasteiger partial charge on any atom is -0.423 e. The van der Waals surface area contributed by atoms with E-state index >= 15 is 0 Å². The molecule has 2 N–H and O–H groups in total. The summed E-state index contributed by atoms with van der Waals surface area (Å²) in [5.41, 5.74) is 6.54. The summed E-state index contributed by atoms with van der Waals surface area (Å²) in [7, 11) is -1.46. The third-order valence-electron chi connectivity index (χ3n) is 9.48. The molecule has 3 aromatic carbocycles. The lowest BCUT2D eigenvalue weighted by Gasteiger charge is -2.26. The Morgan fingerprint density at radius 2 is 0.674 bits per heavy atom. The van der Waals surface area contributed by atoms with E-state index in [1.54, 1.807) is 12.1 Å². The van der Waals surface area contributed by atoms with Gasteiger partial charge in [0.05, 0.1) is 0 Å². The molecule has 0 spiro atoms. The van der Waals surface area contributed by atoms with Crippen LogP contribution in [0.2, 0.25) is 0 Å². The fourth-order valence-corrected chi connectivity index (χ4v) is 6.50. The first-order chi connectivity index (χ1) is 22.6. The Hall–Kier alpha value is -2.56. The smallest absolute Gasteiger partial charge is 0.423 e. The normalized spacial score (nSPS) is 11.2. The first kappa shape index (κ1) is 37.9. The summed E-state index contributed by atoms with van der Waals surface area (Å²) in [6.45, 7) is 4.57. The van der Waals surface area contributed by atoms with Crippen molar-refractivity contribution in [3.63, 3.8) is 0 Å². The Bertz CT molecular complexity index is 1080. The lowest BCUT2D eigenvalue weighted by molar-refractivity contribution is 0.426. The standard InChI is InChI=1S/C42H64BNO2/c1-3-5-7-9-11-13-15-17-19-21-23-37-25-31-40(32-26-37)44(42-35-29-39(30-36-42)43(45)46)41-33-27-38(28-34-41)24-22-20-18-16-14-12-10-8-6-4-2/h25-36,45-46H,3-24H2,1-2H3. The molecule has 0 saturated heterocycles. The average Bonchev–Trinajstić information content (AvgIpc) is 3.08. The maximum atomic E-state index is 9.63. The van der Waals surface area contributed by atoms with Gasteiger partial charge in [-0.3, -0.25) is 0 Å². The molecular formula is C42H64BNO2. The largest absolute Gasteiger partial charge is 0.488 e. The minimum atomic E-state index is -1.46. The number of hydrogen-bond acceptors (Lipinski definition) is 3. The summed E-state index contributed by atoms with van der Waals surface area (Å²) < 4.78 is 0. The molecule has 0 amide bonds. The van der Waals surface area contributed by atoms with Crippen molar-refractivity contribution in [2.75, 3.05) is 4.90 Å². The molecule has 252 valence electrons. The van der Waals surface area contributed by atoms with Crippen LogP contribution in [0.5, 0.6) is 0 Å². The van der Waals surface area contributed by atoms with E-state index in [4.69, 9.17) is 0 Å². The first-order valence-electron chi connectivity index (χ1n) is 19.1. The zero-order valence-corrected chi connectivity index (χ0v) is 29.4. The van der Waals surface area contributed by atoms with Gasteiger partial charge in [0.2, 0.25) is 0 Å². The van der Waals surface area contributed by atoms with E-state index in [0.717, 1.165) is 29.9 Å². The van der Waals surface area contributed by atoms with Gasteiger partial charge in [0, 0.05) is 17.1 Å². The maximum Gasteiger partial charge on any atom is 0.488 e. The summed E-state index contributed by atoms with van der Waals surface area (Å²) in [5.74, 6) is 0. The Labute approximate surface area is 283 Å². The highest BCUT2D eigenvalue weighted by atomic mass is 16.4. The van der Waals surface area contributed by atoms with Crippen LogP contribution in [0.3, 0.4) is 0 Å². The van der Waals surface area contributed by atoms with Crippen molar-refractivity contribution in [3.05, 3.63) is 83.9 Å². The topological polar surface area (TPSA) is 43.7 Å². The lowest BCUT2D eigenvalue weighted by Crippen LogP contribution is -2.29. The number of hydrogen-bond donors (Lipinski definition) is 2. The quantitative estimate of drug-likeness (QED) is 0.0689. The van der Waals surface area contributed by atoms with Crippen LogP contribution in [0.1, 0.15) is 153 Å². The highest BCUT2D eigenvalue weighted by Gasteiger charge is 2.15. The van der Waals surface area contributed by atoms with Crippen molar-refractivity contribution >= 4 is 29.6 Å². The van der Waals surface area contributed by atoms with E-state index in [0.29, 0.717) is 5.46 Å². The second-order valence-corrected chi connectivity index (χ2v) is 13.5. The monoisotopic (exact) mass is 626 g/mol. The maximum absolute atomic E-state index is 9.63. The highest BCUT2D eigenvalue weighted by Crippen LogP contribution is 2.34. The molecular weight excluding hydrogens is 561 g/mol. The number of aryl methyl sites for hydroxylation is 2. The van der Waals surface area contributed by atoms with E-state index in [9.17, 15) is 10.0 Å². The van der Waals surface area contributed by atoms with E-state index in [2.05, 4.69) is 67.3 Å². The molecule has 0 bridgehead atoms.